The van der Waals surface area contributed by atoms with Gasteiger partial charge in [-0.2, -0.15) is 0 Å². The highest BCUT2D eigenvalue weighted by atomic mass is 16.5. The maximum atomic E-state index is 13.7. The number of benzene rings is 3. The number of imidazole rings is 1. The van der Waals surface area contributed by atoms with Crippen molar-refractivity contribution in [2.45, 2.75) is 19.6 Å². The number of anilines is 1. The largest absolute Gasteiger partial charge is 0.492 e. The first-order valence-electron chi connectivity index (χ1n) is 12.4. The molecule has 1 aliphatic heterocycles. The first-order valence-corrected chi connectivity index (χ1v) is 12.4. The van der Waals surface area contributed by atoms with Crippen LogP contribution >= 0.6 is 0 Å². The average Bonchev–Trinajstić information content (AvgIpc) is 3.17. The van der Waals surface area contributed by atoms with Gasteiger partial charge in [-0.1, -0.05) is 78.9 Å². The summed E-state index contributed by atoms with van der Waals surface area (Å²) in [5.41, 5.74) is 2.93. The van der Waals surface area contributed by atoms with Crippen LogP contribution in [0.15, 0.2) is 91.0 Å². The van der Waals surface area contributed by atoms with Gasteiger partial charge >= 0.3 is 0 Å². The molecule has 184 valence electrons. The van der Waals surface area contributed by atoms with Crippen LogP contribution in [-0.4, -0.2) is 46.6 Å². The van der Waals surface area contributed by atoms with Crippen molar-refractivity contribution in [2.24, 2.45) is 0 Å². The van der Waals surface area contributed by atoms with E-state index in [1.54, 1.807) is 0 Å². The molecule has 0 aliphatic carbocycles. The van der Waals surface area contributed by atoms with Crippen molar-refractivity contribution in [3.05, 3.63) is 114 Å². The number of nitrogens with one attached hydrogen (secondary N) is 2. The summed E-state index contributed by atoms with van der Waals surface area (Å²) in [7, 11) is 0. The maximum Gasteiger partial charge on any atom is 0.274 e. The third-order valence-corrected chi connectivity index (χ3v) is 6.22. The molecule has 1 aromatic heterocycles. The highest BCUT2D eigenvalue weighted by Crippen LogP contribution is 2.24. The number of fused-ring (bicyclic) bond motifs is 1. The minimum absolute atomic E-state index is 0.0237. The summed E-state index contributed by atoms with van der Waals surface area (Å²) in [5, 5.41) is 6.88. The van der Waals surface area contributed by atoms with Gasteiger partial charge in [0.15, 0.2) is 11.5 Å². The van der Waals surface area contributed by atoms with E-state index in [9.17, 15) is 4.79 Å². The molecule has 0 radical (unpaired) electrons. The highest BCUT2D eigenvalue weighted by molar-refractivity contribution is 5.98. The molecule has 0 spiro atoms. The molecular weight excluding hydrogens is 450 g/mol. The van der Waals surface area contributed by atoms with Gasteiger partial charge in [-0.25, -0.2) is 4.98 Å². The second kappa shape index (κ2) is 11.6. The summed E-state index contributed by atoms with van der Waals surface area (Å²) < 4.78 is 7.92. The van der Waals surface area contributed by atoms with Crippen LogP contribution in [0.3, 0.4) is 0 Å². The van der Waals surface area contributed by atoms with Crippen LogP contribution in [0.5, 0.6) is 5.75 Å². The summed E-state index contributed by atoms with van der Waals surface area (Å²) in [4.78, 5) is 20.5. The third kappa shape index (κ3) is 5.75. The molecule has 0 unspecified atom stereocenters. The Labute approximate surface area is 211 Å². The zero-order valence-electron chi connectivity index (χ0n) is 20.3. The molecule has 36 heavy (non-hydrogen) atoms. The number of nitrogens with zero attached hydrogens (tertiary/aromatic N) is 3. The average molecular weight is 482 g/mol. The number of ether oxygens (including phenoxy) is 1. The van der Waals surface area contributed by atoms with E-state index >= 15 is 0 Å². The van der Waals surface area contributed by atoms with E-state index in [-0.39, 0.29) is 5.91 Å². The van der Waals surface area contributed by atoms with E-state index in [1.807, 2.05) is 76.2 Å². The van der Waals surface area contributed by atoms with Crippen molar-refractivity contribution in [2.75, 3.05) is 31.6 Å². The molecule has 0 bridgehead atoms. The topological polar surface area (TPSA) is 71.4 Å². The number of amides is 1. The molecule has 7 heteroatoms. The molecule has 1 amide bonds. The number of carbonyl (C=O) groups excluding carboxylic acids is 1. The predicted molar refractivity (Wildman–Crippen MR) is 141 cm³/mol. The zero-order valence-corrected chi connectivity index (χ0v) is 20.3. The highest BCUT2D eigenvalue weighted by Gasteiger charge is 2.29. The van der Waals surface area contributed by atoms with Crippen molar-refractivity contribution in [3.63, 3.8) is 0 Å². The number of hydrogen-bond acceptors (Lipinski definition) is 5. The number of hydrogen-bond donors (Lipinski definition) is 2. The fraction of sp³-hybridized carbons (Fsp3) is 0.241. The number of aromatic nitrogens is 2. The molecule has 0 saturated heterocycles. The molecule has 3 aromatic carbocycles. The Morgan fingerprint density at radius 2 is 1.53 bits per heavy atom. The van der Waals surface area contributed by atoms with E-state index in [0.717, 1.165) is 23.7 Å². The zero-order chi connectivity index (χ0) is 24.6. The second-order valence-electron chi connectivity index (χ2n) is 8.77. The van der Waals surface area contributed by atoms with Gasteiger partial charge in [-0.3, -0.25) is 4.79 Å². The van der Waals surface area contributed by atoms with E-state index in [4.69, 9.17) is 9.72 Å². The molecule has 2 heterocycles. The van der Waals surface area contributed by atoms with Gasteiger partial charge in [0.25, 0.3) is 5.91 Å². The molecule has 0 atom stereocenters. The summed E-state index contributed by atoms with van der Waals surface area (Å²) in [6.45, 7) is 4.04. The van der Waals surface area contributed by atoms with Gasteiger partial charge in [0.1, 0.15) is 18.2 Å². The molecule has 5 rings (SSSR count). The van der Waals surface area contributed by atoms with Gasteiger partial charge in [0.05, 0.1) is 13.1 Å². The normalized spacial score (nSPS) is 13.1. The lowest BCUT2D eigenvalue weighted by molar-refractivity contribution is 0.0732. The summed E-state index contributed by atoms with van der Waals surface area (Å²) in [5.74, 6) is 2.27. The van der Waals surface area contributed by atoms with Gasteiger partial charge < -0.3 is 24.8 Å². The van der Waals surface area contributed by atoms with Crippen LogP contribution in [0.2, 0.25) is 0 Å². The molecule has 1 aliphatic rings. The van der Waals surface area contributed by atoms with Crippen molar-refractivity contribution < 1.29 is 9.53 Å². The van der Waals surface area contributed by atoms with Crippen LogP contribution in [0, 0.1) is 0 Å². The Hall–Kier alpha value is -4.10. The molecule has 0 saturated carbocycles. The Morgan fingerprint density at radius 3 is 2.25 bits per heavy atom. The second-order valence-corrected chi connectivity index (χ2v) is 8.77. The van der Waals surface area contributed by atoms with Crippen LogP contribution in [0.1, 0.15) is 27.4 Å². The third-order valence-electron chi connectivity index (χ3n) is 6.22. The van der Waals surface area contributed by atoms with E-state index in [0.29, 0.717) is 50.8 Å². The van der Waals surface area contributed by atoms with Gasteiger partial charge in [-0.05, 0) is 23.3 Å². The Morgan fingerprint density at radius 1 is 0.861 bits per heavy atom. The lowest BCUT2D eigenvalue weighted by atomic mass is 10.2. The first-order chi connectivity index (χ1) is 17.8. The fourth-order valence-corrected chi connectivity index (χ4v) is 4.39. The molecular formula is C29H31N5O2. The minimum Gasteiger partial charge on any atom is -0.492 e. The predicted octanol–water partition coefficient (Wildman–Crippen LogP) is 4.17. The monoisotopic (exact) mass is 481 g/mol. The smallest absolute Gasteiger partial charge is 0.274 e. The summed E-state index contributed by atoms with van der Waals surface area (Å²) in [6.07, 6.45) is 0. The van der Waals surface area contributed by atoms with Crippen molar-refractivity contribution >= 4 is 11.7 Å². The molecule has 4 aromatic rings. The van der Waals surface area contributed by atoms with Gasteiger partial charge in [0.2, 0.25) is 0 Å². The van der Waals surface area contributed by atoms with Crippen LogP contribution in [0.25, 0.3) is 0 Å². The quantitative estimate of drug-likeness (QED) is 0.356. The molecule has 7 nitrogen and oxygen atoms in total. The van der Waals surface area contributed by atoms with E-state index in [1.165, 1.54) is 5.56 Å². The SMILES string of the molecule is O=C1c2c(nc(CNCc3ccccc3)n2Cc2ccccc2)NCCN1CCOc1ccccc1. The number of carbonyl (C=O) groups is 1. The lowest BCUT2D eigenvalue weighted by Gasteiger charge is -2.22. The van der Waals surface area contributed by atoms with Crippen molar-refractivity contribution in [3.8, 4) is 5.75 Å². The number of rotatable bonds is 10. The Balaban J connectivity index is 1.35. The fourth-order valence-electron chi connectivity index (χ4n) is 4.39. The molecule has 2 N–H and O–H groups in total. The summed E-state index contributed by atoms with van der Waals surface area (Å²) in [6, 6.07) is 30.2. The van der Waals surface area contributed by atoms with Crippen LogP contribution < -0.4 is 15.4 Å². The Kier molecular flexibility index (Phi) is 7.58. The van der Waals surface area contributed by atoms with E-state index < -0.39 is 0 Å². The first kappa shape index (κ1) is 23.6. The van der Waals surface area contributed by atoms with E-state index in [2.05, 4.69) is 34.9 Å². The lowest BCUT2D eigenvalue weighted by Crippen LogP contribution is -2.37. The number of para-hydroxylation sites is 1. The van der Waals surface area contributed by atoms with Crippen LogP contribution in [0.4, 0.5) is 5.82 Å². The van der Waals surface area contributed by atoms with Gasteiger partial charge in [0, 0.05) is 26.2 Å². The molecule has 0 fully saturated rings. The standard InChI is InChI=1S/C29H31N5O2/c35-29-27-28(31-16-17-33(29)18-19-36-25-14-8-3-9-15-25)32-26(21-30-20-23-10-4-1-5-11-23)34(27)22-24-12-6-2-7-13-24/h1-15,30-31H,16-22H2. The van der Waals surface area contributed by atoms with Crippen molar-refractivity contribution in [1.29, 1.82) is 0 Å². The van der Waals surface area contributed by atoms with Crippen LogP contribution in [-0.2, 0) is 19.6 Å². The van der Waals surface area contributed by atoms with Crippen molar-refractivity contribution in [1.82, 2.24) is 19.8 Å². The Bertz CT molecular complexity index is 1260. The minimum atomic E-state index is -0.0237. The van der Waals surface area contributed by atoms with Gasteiger partial charge in [-0.15, -0.1) is 0 Å². The summed E-state index contributed by atoms with van der Waals surface area (Å²) >= 11 is 0. The maximum absolute atomic E-state index is 13.7.